The maximum atomic E-state index is 12.1. The molecule has 0 saturated heterocycles. The van der Waals surface area contributed by atoms with Crippen molar-refractivity contribution in [2.45, 2.75) is 70.8 Å². The molecule has 1 atom stereocenters. The Labute approximate surface area is 131 Å². The Kier molecular flexibility index (Phi) is 4.45. The number of rotatable bonds is 6. The Morgan fingerprint density at radius 3 is 2.20 bits per heavy atom. The predicted molar refractivity (Wildman–Crippen MR) is 85.9 cm³/mol. The molecular formula is C17H28BrNO. The number of alkyl halides is 1. The topological polar surface area (TPSA) is 29.1 Å². The lowest BCUT2D eigenvalue weighted by molar-refractivity contribution is -0.126. The first-order valence-corrected chi connectivity index (χ1v) is 9.59. The summed E-state index contributed by atoms with van der Waals surface area (Å²) in [5, 5.41) is 4.35. The van der Waals surface area contributed by atoms with Gasteiger partial charge in [-0.2, -0.15) is 0 Å². The zero-order chi connectivity index (χ0) is 14.2. The van der Waals surface area contributed by atoms with Crippen LogP contribution >= 0.6 is 15.9 Å². The van der Waals surface area contributed by atoms with Gasteiger partial charge in [0.2, 0.25) is 5.91 Å². The van der Waals surface area contributed by atoms with E-state index in [9.17, 15) is 4.79 Å². The zero-order valence-corrected chi connectivity index (χ0v) is 14.3. The van der Waals surface area contributed by atoms with Gasteiger partial charge < -0.3 is 5.32 Å². The molecule has 0 aromatic heterocycles. The molecule has 0 radical (unpaired) electrons. The second-order valence-corrected chi connectivity index (χ2v) is 8.51. The number of halogens is 1. The molecule has 114 valence electrons. The number of hydrogen-bond acceptors (Lipinski definition) is 1. The van der Waals surface area contributed by atoms with Crippen molar-refractivity contribution in [2.24, 2.45) is 23.2 Å². The van der Waals surface area contributed by atoms with Gasteiger partial charge in [-0.15, -0.1) is 0 Å². The van der Waals surface area contributed by atoms with Gasteiger partial charge in [-0.05, 0) is 81.5 Å². The van der Waals surface area contributed by atoms with E-state index in [2.05, 4.69) is 28.2 Å². The summed E-state index contributed by atoms with van der Waals surface area (Å²) in [6.07, 6.45) is 11.4. The van der Waals surface area contributed by atoms with Crippen molar-refractivity contribution < 1.29 is 4.79 Å². The van der Waals surface area contributed by atoms with Crippen LogP contribution < -0.4 is 5.32 Å². The molecule has 1 N–H and O–H groups in total. The number of amides is 1. The molecule has 4 saturated carbocycles. The van der Waals surface area contributed by atoms with Gasteiger partial charge in [-0.3, -0.25) is 4.79 Å². The Morgan fingerprint density at radius 2 is 1.70 bits per heavy atom. The first-order valence-electron chi connectivity index (χ1n) is 8.46. The Balaban J connectivity index is 1.56. The highest BCUT2D eigenvalue weighted by Gasteiger charge is 2.53. The highest BCUT2D eigenvalue weighted by molar-refractivity contribution is 9.09. The quantitative estimate of drug-likeness (QED) is 0.567. The normalized spacial score (nSPS) is 39.8. The van der Waals surface area contributed by atoms with E-state index in [1.165, 1.54) is 38.5 Å². The third-order valence-corrected chi connectivity index (χ3v) is 6.73. The molecule has 4 bridgehead atoms. The molecule has 4 fully saturated rings. The second-order valence-electron chi connectivity index (χ2n) is 7.72. The molecule has 2 nitrogen and oxygen atoms in total. The summed E-state index contributed by atoms with van der Waals surface area (Å²) in [4.78, 5) is 12.1. The molecule has 4 aliphatic rings. The van der Waals surface area contributed by atoms with Crippen molar-refractivity contribution in [1.29, 1.82) is 0 Å². The summed E-state index contributed by atoms with van der Waals surface area (Å²) in [6, 6.07) is 0.382. The fourth-order valence-corrected chi connectivity index (χ4v) is 5.95. The van der Waals surface area contributed by atoms with E-state index in [0.29, 0.717) is 17.9 Å². The lowest BCUT2D eigenvalue weighted by atomic mass is 9.48. The minimum Gasteiger partial charge on any atom is -0.353 e. The Hall–Kier alpha value is -0.0500. The molecular weight excluding hydrogens is 314 g/mol. The third-order valence-electron chi connectivity index (χ3n) is 6.17. The number of unbranched alkanes of at least 4 members (excludes halogenated alkanes) is 1. The van der Waals surface area contributed by atoms with Gasteiger partial charge in [0.1, 0.15) is 0 Å². The summed E-state index contributed by atoms with van der Waals surface area (Å²) in [7, 11) is 0. The molecule has 0 spiro atoms. The maximum absolute atomic E-state index is 12.1. The van der Waals surface area contributed by atoms with Gasteiger partial charge in [0, 0.05) is 17.8 Å². The van der Waals surface area contributed by atoms with Crippen LogP contribution in [0, 0.1) is 23.2 Å². The molecule has 20 heavy (non-hydrogen) atoms. The van der Waals surface area contributed by atoms with Crippen molar-refractivity contribution in [3.05, 3.63) is 0 Å². The van der Waals surface area contributed by atoms with Gasteiger partial charge in [-0.1, -0.05) is 15.9 Å². The minimum atomic E-state index is 0.272. The number of carbonyl (C=O) groups is 1. The van der Waals surface area contributed by atoms with E-state index in [-0.39, 0.29) is 5.91 Å². The molecule has 4 aliphatic carbocycles. The van der Waals surface area contributed by atoms with Gasteiger partial charge >= 0.3 is 0 Å². The van der Waals surface area contributed by atoms with Crippen LogP contribution in [0.4, 0.5) is 0 Å². The van der Waals surface area contributed by atoms with Crippen molar-refractivity contribution in [3.8, 4) is 0 Å². The smallest absolute Gasteiger partial charge is 0.220 e. The van der Waals surface area contributed by atoms with E-state index in [1.807, 2.05) is 0 Å². The Morgan fingerprint density at radius 1 is 1.15 bits per heavy atom. The number of nitrogens with one attached hydrogen (secondary N) is 1. The molecule has 1 amide bonds. The van der Waals surface area contributed by atoms with Crippen molar-refractivity contribution in [1.82, 2.24) is 5.32 Å². The van der Waals surface area contributed by atoms with Crippen LogP contribution in [-0.4, -0.2) is 17.3 Å². The summed E-state index contributed by atoms with van der Waals surface area (Å²) < 4.78 is 0. The average molecular weight is 342 g/mol. The zero-order valence-electron chi connectivity index (χ0n) is 12.7. The summed E-state index contributed by atoms with van der Waals surface area (Å²) in [5.41, 5.74) is 0.444. The number of carbonyl (C=O) groups excluding carboxylic acids is 1. The monoisotopic (exact) mass is 341 g/mol. The fourth-order valence-electron chi connectivity index (χ4n) is 5.55. The van der Waals surface area contributed by atoms with Crippen LogP contribution in [0.15, 0.2) is 0 Å². The standard InChI is InChI=1S/C17H28BrNO/c1-12(19-16(20)4-2-3-5-18)17-9-13-6-14(10-17)8-15(7-13)11-17/h12-15H,2-11H2,1H3,(H,19,20). The molecule has 0 aromatic carbocycles. The minimum absolute atomic E-state index is 0.272. The van der Waals surface area contributed by atoms with Crippen molar-refractivity contribution in [2.75, 3.05) is 5.33 Å². The largest absolute Gasteiger partial charge is 0.353 e. The van der Waals surface area contributed by atoms with Gasteiger partial charge in [0.05, 0.1) is 0 Å². The predicted octanol–water partition coefficient (Wildman–Crippen LogP) is 4.27. The van der Waals surface area contributed by atoms with Gasteiger partial charge in [0.15, 0.2) is 0 Å². The SMILES string of the molecule is CC(NC(=O)CCCCBr)C12CC3CC(CC(C3)C1)C2. The molecule has 1 unspecified atom stereocenters. The average Bonchev–Trinajstić information content (AvgIpc) is 2.37. The van der Waals surface area contributed by atoms with Crippen LogP contribution in [0.1, 0.15) is 64.7 Å². The first-order chi connectivity index (χ1) is 9.61. The molecule has 4 rings (SSSR count). The highest BCUT2D eigenvalue weighted by atomic mass is 79.9. The molecule has 0 heterocycles. The van der Waals surface area contributed by atoms with Crippen LogP contribution in [0.3, 0.4) is 0 Å². The van der Waals surface area contributed by atoms with E-state index >= 15 is 0 Å². The van der Waals surface area contributed by atoms with Crippen LogP contribution in [0.25, 0.3) is 0 Å². The van der Waals surface area contributed by atoms with Gasteiger partial charge in [0.25, 0.3) is 0 Å². The first kappa shape index (κ1) is 14.9. The van der Waals surface area contributed by atoms with Crippen LogP contribution in [-0.2, 0) is 4.79 Å². The van der Waals surface area contributed by atoms with Crippen LogP contribution in [0.5, 0.6) is 0 Å². The maximum Gasteiger partial charge on any atom is 0.220 e. The van der Waals surface area contributed by atoms with Gasteiger partial charge in [-0.25, -0.2) is 0 Å². The van der Waals surface area contributed by atoms with E-state index in [1.54, 1.807) is 0 Å². The number of hydrogen-bond donors (Lipinski definition) is 1. The summed E-state index contributed by atoms with van der Waals surface area (Å²) in [6.45, 7) is 2.27. The van der Waals surface area contributed by atoms with Crippen molar-refractivity contribution in [3.63, 3.8) is 0 Å². The highest BCUT2D eigenvalue weighted by Crippen LogP contribution is 2.61. The fraction of sp³-hybridized carbons (Fsp3) is 0.941. The third kappa shape index (κ3) is 2.93. The van der Waals surface area contributed by atoms with Crippen molar-refractivity contribution >= 4 is 21.8 Å². The summed E-state index contributed by atoms with van der Waals surface area (Å²) in [5.74, 6) is 3.17. The van der Waals surface area contributed by atoms with Crippen LogP contribution in [0.2, 0.25) is 0 Å². The second kappa shape index (κ2) is 5.98. The lowest BCUT2D eigenvalue weighted by Gasteiger charge is -2.59. The molecule has 3 heteroatoms. The van der Waals surface area contributed by atoms with E-state index in [0.717, 1.165) is 35.9 Å². The lowest BCUT2D eigenvalue weighted by Crippen LogP contribution is -2.55. The Bertz CT molecular complexity index is 333. The summed E-state index contributed by atoms with van der Waals surface area (Å²) >= 11 is 3.43. The molecule has 0 aliphatic heterocycles. The van der Waals surface area contributed by atoms with E-state index in [4.69, 9.17) is 0 Å². The molecule has 0 aromatic rings. The van der Waals surface area contributed by atoms with E-state index < -0.39 is 0 Å².